The van der Waals surface area contributed by atoms with Crippen LogP contribution in [0.5, 0.6) is 0 Å². The van der Waals surface area contributed by atoms with Crippen molar-refractivity contribution in [2.75, 3.05) is 19.6 Å². The SMILES string of the molecule is O=C(NC1CN(S(=O)(=O)c2ccc(Cl)cc2Cl)C2CN(CC(F)F)C(=O)C(Cc3ccc(Cl)cc3)N2C1=O)C1CCC1. The Hall–Kier alpha value is -2.51. The fourth-order valence-electron chi connectivity index (χ4n) is 5.50. The van der Waals surface area contributed by atoms with Gasteiger partial charge < -0.3 is 15.1 Å². The normalized spacial score (nSPS) is 23.6. The van der Waals surface area contributed by atoms with Gasteiger partial charge in [0.15, 0.2) is 0 Å². The monoisotopic (exact) mass is 662 g/mol. The lowest BCUT2D eigenvalue weighted by Gasteiger charge is -2.53. The first-order valence-corrected chi connectivity index (χ1v) is 15.8. The van der Waals surface area contributed by atoms with Gasteiger partial charge >= 0.3 is 0 Å². The molecule has 9 nitrogen and oxygen atoms in total. The van der Waals surface area contributed by atoms with Crippen molar-refractivity contribution >= 4 is 62.5 Å². The average Bonchev–Trinajstić information content (AvgIpc) is 2.87. The van der Waals surface area contributed by atoms with Crippen LogP contribution in [0.4, 0.5) is 8.78 Å². The summed E-state index contributed by atoms with van der Waals surface area (Å²) in [5, 5.41) is 3.11. The molecule has 42 heavy (non-hydrogen) atoms. The number of hydrogen-bond acceptors (Lipinski definition) is 5. The molecule has 0 aromatic heterocycles. The Morgan fingerprint density at radius 3 is 2.24 bits per heavy atom. The average molecular weight is 664 g/mol. The van der Waals surface area contributed by atoms with Crippen molar-refractivity contribution < 1.29 is 31.6 Å². The van der Waals surface area contributed by atoms with Crippen molar-refractivity contribution in [3.63, 3.8) is 0 Å². The van der Waals surface area contributed by atoms with E-state index >= 15 is 0 Å². The van der Waals surface area contributed by atoms with Crippen molar-refractivity contribution in [1.82, 2.24) is 19.4 Å². The van der Waals surface area contributed by atoms with Gasteiger partial charge in [-0.2, -0.15) is 4.31 Å². The molecule has 1 N–H and O–H groups in total. The summed E-state index contributed by atoms with van der Waals surface area (Å²) in [4.78, 5) is 42.2. The summed E-state index contributed by atoms with van der Waals surface area (Å²) in [5.74, 6) is -2.13. The van der Waals surface area contributed by atoms with E-state index in [1.807, 2.05) is 0 Å². The van der Waals surface area contributed by atoms with Gasteiger partial charge in [-0.25, -0.2) is 17.2 Å². The second-order valence-corrected chi connectivity index (χ2v) is 13.7. The molecular weight excluding hydrogens is 637 g/mol. The zero-order valence-electron chi connectivity index (χ0n) is 22.1. The predicted octanol–water partition coefficient (Wildman–Crippen LogP) is 3.81. The number of benzene rings is 2. The van der Waals surface area contributed by atoms with Crippen LogP contribution in [0.15, 0.2) is 47.4 Å². The second kappa shape index (κ2) is 12.2. The minimum atomic E-state index is -4.50. The van der Waals surface area contributed by atoms with Gasteiger partial charge in [-0.3, -0.25) is 14.4 Å². The van der Waals surface area contributed by atoms with Gasteiger partial charge in [0.2, 0.25) is 27.7 Å². The third-order valence-electron chi connectivity index (χ3n) is 7.86. The van der Waals surface area contributed by atoms with Crippen LogP contribution in [0, 0.1) is 5.92 Å². The molecule has 15 heteroatoms. The summed E-state index contributed by atoms with van der Waals surface area (Å²) in [6, 6.07) is 7.55. The van der Waals surface area contributed by atoms with Crippen molar-refractivity contribution in [3.8, 4) is 0 Å². The summed E-state index contributed by atoms with van der Waals surface area (Å²) < 4.78 is 56.4. The molecule has 0 spiro atoms. The first kappa shape index (κ1) is 30.9. The van der Waals surface area contributed by atoms with Gasteiger partial charge in [0, 0.05) is 28.9 Å². The molecule has 2 aliphatic heterocycles. The van der Waals surface area contributed by atoms with E-state index in [1.54, 1.807) is 24.3 Å². The number of fused-ring (bicyclic) bond motifs is 1. The molecule has 2 saturated heterocycles. The van der Waals surface area contributed by atoms with E-state index in [-0.39, 0.29) is 27.3 Å². The van der Waals surface area contributed by atoms with Crippen LogP contribution in [0.1, 0.15) is 24.8 Å². The second-order valence-electron chi connectivity index (χ2n) is 10.5. The summed E-state index contributed by atoms with van der Waals surface area (Å²) in [6.07, 6.45) is -2.21. The highest BCUT2D eigenvalue weighted by Gasteiger charge is 2.54. The van der Waals surface area contributed by atoms with Crippen molar-refractivity contribution in [1.29, 1.82) is 0 Å². The van der Waals surface area contributed by atoms with Gasteiger partial charge in [0.05, 0.1) is 18.1 Å². The Labute approximate surface area is 256 Å². The van der Waals surface area contributed by atoms with Crippen LogP contribution in [0.3, 0.4) is 0 Å². The number of carbonyl (C=O) groups is 3. The number of rotatable bonds is 8. The molecular formula is C27H27Cl3F2N4O5S. The summed E-state index contributed by atoms with van der Waals surface area (Å²) >= 11 is 18.3. The molecule has 0 bridgehead atoms. The zero-order valence-corrected chi connectivity index (χ0v) is 25.1. The summed E-state index contributed by atoms with van der Waals surface area (Å²) in [6.45, 7) is -1.93. The number of carbonyl (C=O) groups excluding carboxylic acids is 3. The molecule has 3 aliphatic rings. The van der Waals surface area contributed by atoms with Crippen LogP contribution in [-0.4, -0.2) is 84.6 Å². The van der Waals surface area contributed by atoms with E-state index in [0.29, 0.717) is 23.4 Å². The highest BCUT2D eigenvalue weighted by atomic mass is 35.5. The standard InChI is InChI=1S/C27H27Cl3F2N4O5S/c28-17-6-4-15(5-7-17)10-21-27(39)34(13-23(31)32)14-24-35(42(40,41)22-9-8-18(29)11-19(22)30)12-20(26(38)36(21)24)33-25(37)16-2-1-3-16/h4-9,11,16,20-21,23-24H,1-3,10,12-14H2,(H,33,37). The van der Waals surface area contributed by atoms with E-state index < -0.39 is 72.1 Å². The number of piperazine rings is 1. The molecule has 3 amide bonds. The Morgan fingerprint density at radius 2 is 1.64 bits per heavy atom. The summed E-state index contributed by atoms with van der Waals surface area (Å²) in [7, 11) is -4.50. The summed E-state index contributed by atoms with van der Waals surface area (Å²) in [5.41, 5.74) is 0.568. The maximum Gasteiger partial charge on any atom is 0.255 e. The highest BCUT2D eigenvalue weighted by molar-refractivity contribution is 7.89. The van der Waals surface area contributed by atoms with E-state index in [1.165, 1.54) is 18.2 Å². The predicted molar refractivity (Wildman–Crippen MR) is 152 cm³/mol. The van der Waals surface area contributed by atoms with Gasteiger partial charge in [0.25, 0.3) is 6.43 Å². The van der Waals surface area contributed by atoms with Crippen molar-refractivity contribution in [3.05, 3.63) is 63.1 Å². The zero-order chi connectivity index (χ0) is 30.3. The van der Waals surface area contributed by atoms with Crippen LogP contribution in [-0.2, 0) is 30.8 Å². The Morgan fingerprint density at radius 1 is 0.976 bits per heavy atom. The van der Waals surface area contributed by atoms with Gasteiger partial charge in [0.1, 0.15) is 23.1 Å². The van der Waals surface area contributed by atoms with E-state index in [0.717, 1.165) is 20.5 Å². The minimum Gasteiger partial charge on any atom is -0.343 e. The molecule has 2 aromatic rings. The van der Waals surface area contributed by atoms with Crippen molar-refractivity contribution in [2.45, 2.75) is 55.3 Å². The fraction of sp³-hybridized carbons (Fsp3) is 0.444. The molecule has 2 heterocycles. The van der Waals surface area contributed by atoms with E-state index in [4.69, 9.17) is 34.8 Å². The first-order chi connectivity index (χ1) is 19.9. The molecule has 1 saturated carbocycles. The Bertz CT molecular complexity index is 1490. The molecule has 5 rings (SSSR count). The number of nitrogens with zero attached hydrogens (tertiary/aromatic N) is 3. The molecule has 2 aromatic carbocycles. The van der Waals surface area contributed by atoms with E-state index in [2.05, 4.69) is 5.32 Å². The van der Waals surface area contributed by atoms with Crippen LogP contribution < -0.4 is 5.32 Å². The number of halogens is 5. The quantitative estimate of drug-likeness (QED) is 0.463. The van der Waals surface area contributed by atoms with Crippen LogP contribution in [0.25, 0.3) is 0 Å². The number of amides is 3. The first-order valence-electron chi connectivity index (χ1n) is 13.3. The number of alkyl halides is 2. The Balaban J connectivity index is 1.59. The molecule has 1 aliphatic carbocycles. The lowest BCUT2D eigenvalue weighted by Crippen LogP contribution is -2.76. The van der Waals surface area contributed by atoms with Crippen molar-refractivity contribution in [2.24, 2.45) is 5.92 Å². The maximum atomic E-state index is 14.1. The van der Waals surface area contributed by atoms with Crippen LogP contribution in [0.2, 0.25) is 15.1 Å². The van der Waals surface area contributed by atoms with Crippen LogP contribution >= 0.6 is 34.8 Å². The lowest BCUT2D eigenvalue weighted by atomic mass is 9.84. The topological polar surface area (TPSA) is 107 Å². The van der Waals surface area contributed by atoms with Gasteiger partial charge in [-0.1, -0.05) is 53.4 Å². The molecule has 226 valence electrons. The lowest BCUT2D eigenvalue weighted by molar-refractivity contribution is -0.169. The third kappa shape index (κ3) is 6.10. The smallest absolute Gasteiger partial charge is 0.255 e. The largest absolute Gasteiger partial charge is 0.343 e. The molecule has 0 radical (unpaired) electrons. The number of nitrogens with one attached hydrogen (secondary N) is 1. The van der Waals surface area contributed by atoms with E-state index in [9.17, 15) is 31.6 Å². The van der Waals surface area contributed by atoms with Gasteiger partial charge in [-0.15, -0.1) is 0 Å². The van der Waals surface area contributed by atoms with Gasteiger partial charge in [-0.05, 0) is 48.7 Å². The fourth-order valence-corrected chi connectivity index (χ4v) is 7.96. The molecule has 3 unspecified atom stereocenters. The maximum absolute atomic E-state index is 14.1. The highest BCUT2D eigenvalue weighted by Crippen LogP contribution is 2.35. The molecule has 3 fully saturated rings. The number of hydrogen-bond donors (Lipinski definition) is 1. The molecule has 3 atom stereocenters. The minimum absolute atomic E-state index is 0.100. The Kier molecular flexibility index (Phi) is 9.01. The third-order valence-corrected chi connectivity index (χ3v) is 10.7. The number of sulfonamides is 1.